The fourth-order valence-electron chi connectivity index (χ4n) is 7.48. The van der Waals surface area contributed by atoms with Gasteiger partial charge in [-0.15, -0.1) is 0 Å². The molecule has 0 amide bonds. The van der Waals surface area contributed by atoms with Gasteiger partial charge in [0.15, 0.2) is 11.6 Å². The average Bonchev–Trinajstić information content (AvgIpc) is 3.29. The molecule has 8 aromatic carbocycles. The zero-order valence-corrected chi connectivity index (χ0v) is 30.4. The Labute approximate surface area is 325 Å². The van der Waals surface area contributed by atoms with Crippen molar-refractivity contribution in [3.05, 3.63) is 206 Å². The zero-order valence-electron chi connectivity index (χ0n) is 30.4. The lowest BCUT2D eigenvalue weighted by Gasteiger charge is -2.12. The topological polar surface area (TPSA) is 51.6 Å². The Kier molecular flexibility index (Phi) is 8.47. The van der Waals surface area contributed by atoms with Crippen LogP contribution in [0.4, 0.5) is 0 Å². The molecule has 0 unspecified atom stereocenters. The van der Waals surface area contributed by atoms with E-state index in [0.717, 1.165) is 77.7 Å². The van der Waals surface area contributed by atoms with Gasteiger partial charge in [-0.2, -0.15) is 0 Å². The van der Waals surface area contributed by atoms with Crippen molar-refractivity contribution in [3.63, 3.8) is 0 Å². The molecule has 0 aliphatic rings. The molecule has 262 valence electrons. The molecule has 56 heavy (non-hydrogen) atoms. The van der Waals surface area contributed by atoms with Gasteiger partial charge in [0.05, 0.1) is 22.4 Å². The Balaban J connectivity index is 1.04. The van der Waals surface area contributed by atoms with Crippen LogP contribution in [0.5, 0.6) is 0 Å². The maximum absolute atomic E-state index is 5.24. The first-order valence-electron chi connectivity index (χ1n) is 18.8. The van der Waals surface area contributed by atoms with E-state index in [0.29, 0.717) is 11.6 Å². The molecule has 4 heteroatoms. The molecular formula is C52H34N4. The number of fused-ring (bicyclic) bond motifs is 2. The van der Waals surface area contributed by atoms with Crippen LogP contribution in [-0.4, -0.2) is 19.9 Å². The smallest absolute Gasteiger partial charge is 0.160 e. The summed E-state index contributed by atoms with van der Waals surface area (Å²) in [5.41, 5.74) is 14.4. The molecule has 0 bridgehead atoms. The van der Waals surface area contributed by atoms with Crippen molar-refractivity contribution in [3.8, 4) is 78.7 Å². The SMILES string of the molecule is c1ccc(-c2cccc(-c3nc(-c4cccc(-c5cccc(-c6nc(-c7cccc(-c8ccccc8)c7)c7ccccc7n6)c5)c4)nc4ccccc34)c2)cc1. The van der Waals surface area contributed by atoms with Crippen molar-refractivity contribution >= 4 is 21.8 Å². The lowest BCUT2D eigenvalue weighted by molar-refractivity contribution is 1.23. The van der Waals surface area contributed by atoms with Gasteiger partial charge in [-0.1, -0.05) is 170 Å². The fourth-order valence-corrected chi connectivity index (χ4v) is 7.48. The zero-order chi connectivity index (χ0) is 37.3. The number of benzene rings is 8. The average molecular weight is 715 g/mol. The second-order valence-electron chi connectivity index (χ2n) is 13.9. The number of para-hydroxylation sites is 2. The summed E-state index contributed by atoms with van der Waals surface area (Å²) in [6.07, 6.45) is 0. The third-order valence-corrected chi connectivity index (χ3v) is 10.3. The molecule has 2 aromatic heterocycles. The van der Waals surface area contributed by atoms with E-state index in [9.17, 15) is 0 Å². The van der Waals surface area contributed by atoms with Crippen LogP contribution in [0.3, 0.4) is 0 Å². The molecule has 0 radical (unpaired) electrons. The summed E-state index contributed by atoms with van der Waals surface area (Å²) >= 11 is 0. The second kappa shape index (κ2) is 14.3. The van der Waals surface area contributed by atoms with Crippen LogP contribution in [0.15, 0.2) is 206 Å². The number of hydrogen-bond donors (Lipinski definition) is 0. The maximum Gasteiger partial charge on any atom is 0.160 e. The van der Waals surface area contributed by atoms with Gasteiger partial charge in [0.25, 0.3) is 0 Å². The van der Waals surface area contributed by atoms with E-state index in [1.807, 2.05) is 36.4 Å². The molecule has 0 fully saturated rings. The molecule has 0 aliphatic carbocycles. The highest BCUT2D eigenvalue weighted by molar-refractivity contribution is 5.96. The Morgan fingerprint density at radius 2 is 0.518 bits per heavy atom. The highest BCUT2D eigenvalue weighted by Crippen LogP contribution is 2.35. The molecule has 10 aromatic rings. The van der Waals surface area contributed by atoms with Crippen molar-refractivity contribution in [2.45, 2.75) is 0 Å². The lowest BCUT2D eigenvalue weighted by atomic mass is 9.98. The predicted molar refractivity (Wildman–Crippen MR) is 231 cm³/mol. The number of aromatic nitrogens is 4. The Morgan fingerprint density at radius 1 is 0.214 bits per heavy atom. The summed E-state index contributed by atoms with van der Waals surface area (Å²) in [4.78, 5) is 20.6. The summed E-state index contributed by atoms with van der Waals surface area (Å²) in [5.74, 6) is 1.36. The van der Waals surface area contributed by atoms with Crippen LogP contribution in [0.25, 0.3) is 100 Å². The van der Waals surface area contributed by atoms with E-state index in [4.69, 9.17) is 19.9 Å². The quantitative estimate of drug-likeness (QED) is 0.165. The standard InChI is InChI=1S/C52H34N4/c1-3-15-35(16-4-1)37-19-11-23-41(31-37)49-45-27-7-9-29-47(45)53-51(55-49)43-25-13-21-39(33-43)40-22-14-26-44(34-40)52-54-48-30-10-8-28-46(48)50(56-52)42-24-12-20-38(32-42)36-17-5-2-6-18-36/h1-34H. The highest BCUT2D eigenvalue weighted by Gasteiger charge is 2.15. The van der Waals surface area contributed by atoms with Crippen molar-refractivity contribution in [2.24, 2.45) is 0 Å². The monoisotopic (exact) mass is 714 g/mol. The van der Waals surface area contributed by atoms with E-state index in [1.54, 1.807) is 0 Å². The molecule has 0 aliphatic heterocycles. The summed E-state index contributed by atoms with van der Waals surface area (Å²) in [7, 11) is 0. The van der Waals surface area contributed by atoms with Crippen LogP contribution in [0.1, 0.15) is 0 Å². The number of hydrogen-bond acceptors (Lipinski definition) is 4. The first kappa shape index (κ1) is 33.0. The summed E-state index contributed by atoms with van der Waals surface area (Å²) < 4.78 is 0. The van der Waals surface area contributed by atoms with Gasteiger partial charge in [-0.05, 0) is 69.8 Å². The first-order valence-corrected chi connectivity index (χ1v) is 18.8. The van der Waals surface area contributed by atoms with E-state index >= 15 is 0 Å². The minimum Gasteiger partial charge on any atom is -0.228 e. The first-order chi connectivity index (χ1) is 27.7. The highest BCUT2D eigenvalue weighted by atomic mass is 14.9. The molecule has 10 rings (SSSR count). The lowest BCUT2D eigenvalue weighted by Crippen LogP contribution is -1.96. The van der Waals surface area contributed by atoms with Gasteiger partial charge in [0, 0.05) is 33.0 Å². The van der Waals surface area contributed by atoms with Crippen molar-refractivity contribution in [1.29, 1.82) is 0 Å². The van der Waals surface area contributed by atoms with Gasteiger partial charge in [-0.25, -0.2) is 19.9 Å². The Morgan fingerprint density at radius 3 is 0.946 bits per heavy atom. The van der Waals surface area contributed by atoms with Gasteiger partial charge >= 0.3 is 0 Å². The van der Waals surface area contributed by atoms with E-state index in [-0.39, 0.29) is 0 Å². The summed E-state index contributed by atoms with van der Waals surface area (Å²) in [6, 6.07) is 71.6. The fraction of sp³-hybridized carbons (Fsp3) is 0. The molecule has 4 nitrogen and oxygen atoms in total. The third kappa shape index (κ3) is 6.40. The van der Waals surface area contributed by atoms with Crippen molar-refractivity contribution in [1.82, 2.24) is 19.9 Å². The largest absolute Gasteiger partial charge is 0.228 e. The maximum atomic E-state index is 5.24. The minimum absolute atomic E-state index is 0.682. The van der Waals surface area contributed by atoms with Crippen LogP contribution < -0.4 is 0 Å². The molecule has 0 saturated carbocycles. The Bertz CT molecular complexity index is 2820. The molecule has 0 saturated heterocycles. The van der Waals surface area contributed by atoms with E-state index < -0.39 is 0 Å². The van der Waals surface area contributed by atoms with Crippen LogP contribution >= 0.6 is 0 Å². The molecule has 0 atom stereocenters. The van der Waals surface area contributed by atoms with Crippen molar-refractivity contribution in [2.75, 3.05) is 0 Å². The van der Waals surface area contributed by atoms with Crippen LogP contribution in [0, 0.1) is 0 Å². The predicted octanol–water partition coefficient (Wildman–Crippen LogP) is 13.2. The van der Waals surface area contributed by atoms with Gasteiger partial charge in [0.2, 0.25) is 0 Å². The van der Waals surface area contributed by atoms with Gasteiger partial charge < -0.3 is 0 Å². The summed E-state index contributed by atoms with van der Waals surface area (Å²) in [6.45, 7) is 0. The van der Waals surface area contributed by atoms with Gasteiger partial charge in [0.1, 0.15) is 0 Å². The summed E-state index contributed by atoms with van der Waals surface area (Å²) in [5, 5.41) is 2.04. The van der Waals surface area contributed by atoms with Gasteiger partial charge in [-0.3, -0.25) is 0 Å². The molecule has 0 N–H and O–H groups in total. The van der Waals surface area contributed by atoms with Crippen molar-refractivity contribution < 1.29 is 0 Å². The third-order valence-electron chi connectivity index (χ3n) is 10.3. The molecule has 2 heterocycles. The van der Waals surface area contributed by atoms with E-state index in [2.05, 4.69) is 170 Å². The normalized spacial score (nSPS) is 11.2. The van der Waals surface area contributed by atoms with E-state index in [1.165, 1.54) is 11.1 Å². The Hall–Kier alpha value is -7.56. The molecular weight excluding hydrogens is 681 g/mol. The minimum atomic E-state index is 0.682. The van der Waals surface area contributed by atoms with Crippen LogP contribution in [-0.2, 0) is 0 Å². The number of rotatable bonds is 7. The molecule has 0 spiro atoms. The number of nitrogens with zero attached hydrogens (tertiary/aromatic N) is 4. The second-order valence-corrected chi connectivity index (χ2v) is 13.9. The van der Waals surface area contributed by atoms with Crippen LogP contribution in [0.2, 0.25) is 0 Å².